The average molecular weight is 433 g/mol. The Kier molecular flexibility index (Phi) is 7.15. The number of morpholine rings is 1. The Bertz CT molecular complexity index is 812. The standard InChI is InChI=1S/C19H29ClN2O5S/c1-6-21(12-19(4,5)24)18(23)15-7-8-16(20)17(9-15)28(25,26)22-10-13(2)27-14(3)11-22/h7-9,13-14,24H,6,10-12H2,1-5H3. The third kappa shape index (κ3) is 5.45. The van der Waals surface area contributed by atoms with Gasteiger partial charge in [-0.15, -0.1) is 0 Å². The highest BCUT2D eigenvalue weighted by Crippen LogP contribution is 2.28. The third-order valence-electron chi connectivity index (χ3n) is 4.43. The van der Waals surface area contributed by atoms with Crippen molar-refractivity contribution in [1.82, 2.24) is 9.21 Å². The number of carbonyl (C=O) groups excluding carboxylic acids is 1. The van der Waals surface area contributed by atoms with Crippen LogP contribution in [0.3, 0.4) is 0 Å². The fourth-order valence-corrected chi connectivity index (χ4v) is 5.37. The molecular formula is C19H29ClN2O5S. The Morgan fingerprint density at radius 3 is 2.39 bits per heavy atom. The molecule has 158 valence electrons. The molecule has 1 saturated heterocycles. The van der Waals surface area contributed by atoms with Gasteiger partial charge in [0.1, 0.15) is 4.90 Å². The lowest BCUT2D eigenvalue weighted by molar-refractivity contribution is -0.0440. The summed E-state index contributed by atoms with van der Waals surface area (Å²) >= 11 is 6.20. The summed E-state index contributed by atoms with van der Waals surface area (Å²) in [6, 6.07) is 4.24. The van der Waals surface area contributed by atoms with Gasteiger partial charge in [0.05, 0.1) is 22.8 Å². The van der Waals surface area contributed by atoms with Gasteiger partial charge in [-0.25, -0.2) is 8.42 Å². The van der Waals surface area contributed by atoms with Crippen molar-refractivity contribution in [2.75, 3.05) is 26.2 Å². The summed E-state index contributed by atoms with van der Waals surface area (Å²) < 4.78 is 33.3. The van der Waals surface area contributed by atoms with Crippen molar-refractivity contribution in [2.24, 2.45) is 0 Å². The first-order valence-electron chi connectivity index (χ1n) is 9.32. The number of carbonyl (C=O) groups is 1. The maximum Gasteiger partial charge on any atom is 0.253 e. The Hall–Kier alpha value is -1.19. The number of hydrogen-bond donors (Lipinski definition) is 1. The van der Waals surface area contributed by atoms with E-state index in [0.29, 0.717) is 6.54 Å². The van der Waals surface area contributed by atoms with Crippen molar-refractivity contribution < 1.29 is 23.1 Å². The SMILES string of the molecule is CCN(CC(C)(C)O)C(=O)c1ccc(Cl)c(S(=O)(=O)N2CC(C)OC(C)C2)c1. The largest absolute Gasteiger partial charge is 0.389 e. The van der Waals surface area contributed by atoms with Gasteiger partial charge >= 0.3 is 0 Å². The van der Waals surface area contributed by atoms with Crippen LogP contribution in [-0.2, 0) is 14.8 Å². The first-order valence-corrected chi connectivity index (χ1v) is 11.1. The van der Waals surface area contributed by atoms with Crippen LogP contribution in [0.25, 0.3) is 0 Å². The van der Waals surface area contributed by atoms with E-state index in [2.05, 4.69) is 0 Å². The Balaban J connectivity index is 2.38. The van der Waals surface area contributed by atoms with Gasteiger partial charge in [-0.05, 0) is 52.8 Å². The molecule has 28 heavy (non-hydrogen) atoms. The molecule has 0 aliphatic carbocycles. The number of halogens is 1. The van der Waals surface area contributed by atoms with Crippen molar-refractivity contribution >= 4 is 27.5 Å². The van der Waals surface area contributed by atoms with Gasteiger partial charge in [0.15, 0.2) is 0 Å². The fraction of sp³-hybridized carbons (Fsp3) is 0.632. The molecular weight excluding hydrogens is 404 g/mol. The highest BCUT2D eigenvalue weighted by molar-refractivity contribution is 7.89. The molecule has 1 aliphatic rings. The summed E-state index contributed by atoms with van der Waals surface area (Å²) in [5.74, 6) is -0.360. The zero-order valence-corrected chi connectivity index (χ0v) is 18.5. The maximum atomic E-state index is 13.2. The highest BCUT2D eigenvalue weighted by atomic mass is 35.5. The monoisotopic (exact) mass is 432 g/mol. The average Bonchev–Trinajstić information content (AvgIpc) is 2.57. The number of hydrogen-bond acceptors (Lipinski definition) is 5. The summed E-state index contributed by atoms with van der Waals surface area (Å²) in [5.41, 5.74) is -0.851. The van der Waals surface area contributed by atoms with Crippen LogP contribution >= 0.6 is 11.6 Å². The normalized spacial score (nSPS) is 21.5. The molecule has 0 radical (unpaired) electrons. The molecule has 1 N–H and O–H groups in total. The predicted octanol–water partition coefficient (Wildman–Crippen LogP) is 2.37. The van der Waals surface area contributed by atoms with Gasteiger partial charge < -0.3 is 14.7 Å². The van der Waals surface area contributed by atoms with Gasteiger partial charge in [-0.3, -0.25) is 4.79 Å². The summed E-state index contributed by atoms with van der Waals surface area (Å²) in [6.07, 6.45) is -0.464. The number of benzene rings is 1. The van der Waals surface area contributed by atoms with Crippen LogP contribution in [0.4, 0.5) is 0 Å². The number of nitrogens with zero attached hydrogens (tertiary/aromatic N) is 2. The molecule has 1 aromatic rings. The first-order chi connectivity index (χ1) is 12.8. The molecule has 0 saturated carbocycles. The molecule has 1 amide bonds. The van der Waals surface area contributed by atoms with Crippen LogP contribution < -0.4 is 0 Å². The molecule has 1 heterocycles. The van der Waals surface area contributed by atoms with E-state index >= 15 is 0 Å². The van der Waals surface area contributed by atoms with E-state index in [1.165, 1.54) is 27.4 Å². The van der Waals surface area contributed by atoms with Crippen LogP contribution in [0.2, 0.25) is 5.02 Å². The summed E-state index contributed by atoms with van der Waals surface area (Å²) in [6.45, 7) is 9.61. The molecule has 0 bridgehead atoms. The first kappa shape index (κ1) is 23.1. The molecule has 9 heteroatoms. The lowest BCUT2D eigenvalue weighted by Gasteiger charge is -2.34. The lowest BCUT2D eigenvalue weighted by atomic mass is 10.1. The maximum absolute atomic E-state index is 13.2. The predicted molar refractivity (Wildman–Crippen MR) is 108 cm³/mol. The van der Waals surface area contributed by atoms with Crippen molar-refractivity contribution in [1.29, 1.82) is 0 Å². The van der Waals surface area contributed by atoms with E-state index < -0.39 is 15.6 Å². The highest BCUT2D eigenvalue weighted by Gasteiger charge is 2.34. The van der Waals surface area contributed by atoms with Crippen LogP contribution in [0, 0.1) is 0 Å². The Morgan fingerprint density at radius 2 is 1.89 bits per heavy atom. The molecule has 7 nitrogen and oxygen atoms in total. The third-order valence-corrected chi connectivity index (χ3v) is 6.74. The molecule has 1 fully saturated rings. The molecule has 0 spiro atoms. The van der Waals surface area contributed by atoms with Crippen molar-refractivity contribution in [3.05, 3.63) is 28.8 Å². The van der Waals surface area contributed by atoms with Crippen molar-refractivity contribution in [3.63, 3.8) is 0 Å². The van der Waals surface area contributed by atoms with Gasteiger partial charge in [0.25, 0.3) is 5.91 Å². The second kappa shape index (κ2) is 8.67. The van der Waals surface area contributed by atoms with Crippen molar-refractivity contribution in [2.45, 2.75) is 57.3 Å². The fourth-order valence-electron chi connectivity index (χ4n) is 3.28. The minimum Gasteiger partial charge on any atom is -0.389 e. The Morgan fingerprint density at radius 1 is 1.32 bits per heavy atom. The van der Waals surface area contributed by atoms with E-state index in [1.807, 2.05) is 13.8 Å². The lowest BCUT2D eigenvalue weighted by Crippen LogP contribution is -2.48. The zero-order valence-electron chi connectivity index (χ0n) is 17.0. The summed E-state index contributed by atoms with van der Waals surface area (Å²) in [7, 11) is -3.88. The van der Waals surface area contributed by atoms with E-state index in [9.17, 15) is 18.3 Å². The number of aliphatic hydroxyl groups is 1. The number of rotatable bonds is 6. The molecule has 2 rings (SSSR count). The van der Waals surface area contributed by atoms with Gasteiger partial charge in [0.2, 0.25) is 10.0 Å². The Labute approximate surface area is 172 Å². The van der Waals surface area contributed by atoms with Gasteiger partial charge in [-0.2, -0.15) is 4.31 Å². The second-order valence-electron chi connectivity index (χ2n) is 7.86. The van der Waals surface area contributed by atoms with Crippen LogP contribution in [-0.4, -0.2) is 72.6 Å². The number of likely N-dealkylation sites (N-methyl/N-ethyl adjacent to an activating group) is 1. The van der Waals surface area contributed by atoms with E-state index in [0.717, 1.165) is 0 Å². The van der Waals surface area contributed by atoms with Crippen LogP contribution in [0.1, 0.15) is 45.0 Å². The van der Waals surface area contributed by atoms with Gasteiger partial charge in [-0.1, -0.05) is 11.6 Å². The zero-order chi connectivity index (χ0) is 21.3. The number of amides is 1. The summed E-state index contributed by atoms with van der Waals surface area (Å²) in [5, 5.41) is 10.1. The van der Waals surface area contributed by atoms with E-state index in [4.69, 9.17) is 16.3 Å². The van der Waals surface area contributed by atoms with E-state index in [-0.39, 0.29) is 53.2 Å². The van der Waals surface area contributed by atoms with Crippen molar-refractivity contribution in [3.8, 4) is 0 Å². The van der Waals surface area contributed by atoms with Gasteiger partial charge in [0, 0.05) is 31.7 Å². The molecule has 2 atom stereocenters. The second-order valence-corrected chi connectivity index (χ2v) is 10.2. The molecule has 2 unspecified atom stereocenters. The quantitative estimate of drug-likeness (QED) is 0.745. The topological polar surface area (TPSA) is 87.2 Å². The molecule has 1 aromatic carbocycles. The number of sulfonamides is 1. The van der Waals surface area contributed by atoms with E-state index in [1.54, 1.807) is 20.8 Å². The smallest absolute Gasteiger partial charge is 0.253 e. The molecule has 1 aliphatic heterocycles. The van der Waals surface area contributed by atoms with Crippen LogP contribution in [0.15, 0.2) is 23.1 Å². The minimum atomic E-state index is -3.88. The number of ether oxygens (including phenoxy) is 1. The minimum absolute atomic E-state index is 0.0638. The summed E-state index contributed by atoms with van der Waals surface area (Å²) in [4.78, 5) is 14.2. The van der Waals surface area contributed by atoms with Crippen LogP contribution in [0.5, 0.6) is 0 Å². The molecule has 0 aromatic heterocycles.